The zero-order chi connectivity index (χ0) is 30.4. The third-order valence-electron chi connectivity index (χ3n) is 8.18. The van der Waals surface area contributed by atoms with Crippen LogP contribution >= 0.6 is 0 Å². The summed E-state index contributed by atoms with van der Waals surface area (Å²) in [7, 11) is 3.67. The van der Waals surface area contributed by atoms with Crippen LogP contribution in [0.1, 0.15) is 34.4 Å². The summed E-state index contributed by atoms with van der Waals surface area (Å²) in [4.78, 5) is 25.9. The summed E-state index contributed by atoms with van der Waals surface area (Å²) < 4.78 is 23.1. The lowest BCUT2D eigenvalue weighted by atomic mass is 9.87. The van der Waals surface area contributed by atoms with E-state index in [9.17, 15) is 9.90 Å². The number of ether oxygens (including phenoxy) is 1. The normalized spacial score (nSPS) is 12.6. The van der Waals surface area contributed by atoms with Crippen LogP contribution in [0.5, 0.6) is 5.75 Å². The summed E-state index contributed by atoms with van der Waals surface area (Å²) >= 11 is 0. The van der Waals surface area contributed by atoms with Crippen LogP contribution in [0.2, 0.25) is 0 Å². The van der Waals surface area contributed by atoms with E-state index in [2.05, 4.69) is 15.3 Å². The van der Waals surface area contributed by atoms with Crippen molar-refractivity contribution in [2.75, 3.05) is 19.0 Å². The summed E-state index contributed by atoms with van der Waals surface area (Å²) in [5.41, 5.74) is 8.62. The first-order chi connectivity index (χ1) is 20.7. The summed E-state index contributed by atoms with van der Waals surface area (Å²) in [5.74, 6) is -0.538. The van der Waals surface area contributed by atoms with Gasteiger partial charge in [0.2, 0.25) is 0 Å². The van der Waals surface area contributed by atoms with Crippen molar-refractivity contribution in [3.05, 3.63) is 76.5 Å². The lowest BCUT2D eigenvalue weighted by Gasteiger charge is -2.23. The molecule has 1 aliphatic rings. The molecule has 0 amide bonds. The van der Waals surface area contributed by atoms with Gasteiger partial charge in [0.05, 0.1) is 24.4 Å². The van der Waals surface area contributed by atoms with Gasteiger partial charge in [-0.1, -0.05) is 0 Å². The maximum Gasteiger partial charge on any atom is 0.307 e. The highest BCUT2D eigenvalue weighted by Crippen LogP contribution is 2.43. The lowest BCUT2D eigenvalue weighted by molar-refractivity contribution is -0.136. The van der Waals surface area contributed by atoms with Crippen molar-refractivity contribution < 1.29 is 19.0 Å². The standard InChI is InChI=1S/C33H31FN6O3/c1-17-22-6-5-9-43-31(22)26(34)12-23(17)30-24(14-29(41)42)18(2)39-33-25(30)13-28(40(33)4)19-7-8-37-27(11-19)21-10-20(15-35)32(36-3)38-16-21/h7-8,10-13,15-16,35H,5-6,9,14H2,1-4H3,(H,36,38)(H,41,42). The molecular weight excluding hydrogens is 547 g/mol. The van der Waals surface area contributed by atoms with Gasteiger partial charge in [0.15, 0.2) is 11.6 Å². The molecular formula is C33H31FN6O3. The minimum atomic E-state index is -0.984. The fourth-order valence-electron chi connectivity index (χ4n) is 6.04. The second-order valence-electron chi connectivity index (χ2n) is 10.7. The highest BCUT2D eigenvalue weighted by atomic mass is 19.1. The van der Waals surface area contributed by atoms with Crippen LogP contribution < -0.4 is 10.1 Å². The van der Waals surface area contributed by atoms with Crippen LogP contribution in [0, 0.1) is 25.1 Å². The zero-order valence-corrected chi connectivity index (χ0v) is 24.4. The van der Waals surface area contributed by atoms with Gasteiger partial charge in [0, 0.05) is 66.0 Å². The quantitative estimate of drug-likeness (QED) is 0.199. The van der Waals surface area contributed by atoms with Gasteiger partial charge in [-0.15, -0.1) is 0 Å². The van der Waals surface area contributed by atoms with Crippen LogP contribution in [0.4, 0.5) is 10.2 Å². The van der Waals surface area contributed by atoms with Crippen molar-refractivity contribution >= 4 is 29.0 Å². The maximum absolute atomic E-state index is 15.5. The van der Waals surface area contributed by atoms with Crippen molar-refractivity contribution in [3.8, 4) is 39.4 Å². The number of nitrogens with one attached hydrogen (secondary N) is 2. The van der Waals surface area contributed by atoms with E-state index in [4.69, 9.17) is 15.1 Å². The van der Waals surface area contributed by atoms with E-state index in [1.165, 1.54) is 12.3 Å². The Bertz CT molecular complexity index is 1950. The molecule has 4 aromatic heterocycles. The number of hydrogen-bond donors (Lipinski definition) is 3. The predicted molar refractivity (Wildman–Crippen MR) is 165 cm³/mol. The lowest BCUT2D eigenvalue weighted by Crippen LogP contribution is -2.13. The predicted octanol–water partition coefficient (Wildman–Crippen LogP) is 6.11. The second-order valence-corrected chi connectivity index (χ2v) is 10.7. The third kappa shape index (κ3) is 4.78. The largest absolute Gasteiger partial charge is 0.490 e. The zero-order valence-electron chi connectivity index (χ0n) is 24.4. The third-order valence-corrected chi connectivity index (χ3v) is 8.18. The van der Waals surface area contributed by atoms with Crippen molar-refractivity contribution in [1.82, 2.24) is 19.5 Å². The molecule has 0 aliphatic carbocycles. The first kappa shape index (κ1) is 28.0. The van der Waals surface area contributed by atoms with Crippen LogP contribution in [0.25, 0.3) is 44.7 Å². The number of hydrogen-bond acceptors (Lipinski definition) is 7. The molecule has 3 N–H and O–H groups in total. The molecule has 0 spiro atoms. The number of rotatable bonds is 7. The van der Waals surface area contributed by atoms with Crippen LogP contribution in [0.15, 0.2) is 42.7 Å². The van der Waals surface area contributed by atoms with Crippen LogP contribution in [0.3, 0.4) is 0 Å². The van der Waals surface area contributed by atoms with Crippen molar-refractivity contribution in [3.63, 3.8) is 0 Å². The Balaban J connectivity index is 1.58. The second kappa shape index (κ2) is 10.9. The number of carbonyl (C=O) groups is 1. The number of pyridine rings is 3. The van der Waals surface area contributed by atoms with Gasteiger partial charge in [0.25, 0.3) is 0 Å². The van der Waals surface area contributed by atoms with Crippen molar-refractivity contribution in [2.45, 2.75) is 33.1 Å². The molecule has 0 fully saturated rings. The molecule has 0 saturated carbocycles. The number of anilines is 1. The highest BCUT2D eigenvalue weighted by Gasteiger charge is 2.26. The number of carboxylic acid groups (broad SMARTS) is 1. The molecule has 5 heterocycles. The molecule has 1 aliphatic heterocycles. The van der Waals surface area contributed by atoms with Gasteiger partial charge >= 0.3 is 5.97 Å². The van der Waals surface area contributed by atoms with Gasteiger partial charge in [0.1, 0.15) is 11.5 Å². The Labute approximate surface area is 247 Å². The number of carboxylic acids is 1. The average molecular weight is 579 g/mol. The number of aromatic nitrogens is 4. The van der Waals surface area contributed by atoms with E-state index in [0.717, 1.165) is 39.8 Å². The first-order valence-corrected chi connectivity index (χ1v) is 14.0. The summed E-state index contributed by atoms with van der Waals surface area (Å²) in [5, 5.41) is 21.3. The van der Waals surface area contributed by atoms with E-state index < -0.39 is 11.8 Å². The Morgan fingerprint density at radius 1 is 1.21 bits per heavy atom. The van der Waals surface area contributed by atoms with Crippen molar-refractivity contribution in [1.29, 1.82) is 5.41 Å². The minimum absolute atomic E-state index is 0.243. The van der Waals surface area contributed by atoms with Crippen LogP contribution in [-0.2, 0) is 24.7 Å². The monoisotopic (exact) mass is 578 g/mol. The fraction of sp³-hybridized carbons (Fsp3) is 0.242. The van der Waals surface area contributed by atoms with E-state index in [1.54, 1.807) is 26.4 Å². The number of fused-ring (bicyclic) bond motifs is 2. The van der Waals surface area contributed by atoms with E-state index in [0.29, 0.717) is 58.1 Å². The van der Waals surface area contributed by atoms with Gasteiger partial charge < -0.3 is 25.1 Å². The molecule has 10 heteroatoms. The first-order valence-electron chi connectivity index (χ1n) is 14.0. The Kier molecular flexibility index (Phi) is 7.13. The number of aliphatic carboxylic acids is 1. The Hall–Kier alpha value is -5.12. The summed E-state index contributed by atoms with van der Waals surface area (Å²) in [6.07, 6.45) is 5.92. The number of halogens is 1. The molecule has 9 nitrogen and oxygen atoms in total. The summed E-state index contributed by atoms with van der Waals surface area (Å²) in [6, 6.07) is 9.16. The van der Waals surface area contributed by atoms with Gasteiger partial charge in [-0.2, -0.15) is 0 Å². The molecule has 0 bridgehead atoms. The van der Waals surface area contributed by atoms with E-state index >= 15 is 4.39 Å². The Morgan fingerprint density at radius 2 is 2.02 bits per heavy atom. The fourth-order valence-corrected chi connectivity index (χ4v) is 6.04. The topological polar surface area (TPSA) is 126 Å². The van der Waals surface area contributed by atoms with Crippen molar-refractivity contribution in [2.24, 2.45) is 7.05 Å². The van der Waals surface area contributed by atoms with Gasteiger partial charge in [-0.3, -0.25) is 9.78 Å². The number of nitrogens with zero attached hydrogens (tertiary/aromatic N) is 4. The highest BCUT2D eigenvalue weighted by molar-refractivity contribution is 6.01. The molecule has 218 valence electrons. The average Bonchev–Trinajstić information content (AvgIpc) is 3.34. The van der Waals surface area contributed by atoms with Crippen LogP contribution in [-0.4, -0.2) is 50.5 Å². The van der Waals surface area contributed by atoms with E-state index in [-0.39, 0.29) is 12.2 Å². The number of benzene rings is 1. The molecule has 6 rings (SSSR count). The smallest absolute Gasteiger partial charge is 0.307 e. The van der Waals surface area contributed by atoms with Gasteiger partial charge in [-0.25, -0.2) is 14.4 Å². The molecule has 0 radical (unpaired) electrons. The minimum Gasteiger partial charge on any atom is -0.490 e. The molecule has 1 aromatic carbocycles. The van der Waals surface area contributed by atoms with E-state index in [1.807, 2.05) is 42.8 Å². The maximum atomic E-state index is 15.5. The molecule has 0 atom stereocenters. The molecule has 43 heavy (non-hydrogen) atoms. The molecule has 0 saturated heterocycles. The number of aryl methyl sites for hydroxylation is 2. The molecule has 5 aromatic rings. The Morgan fingerprint density at radius 3 is 2.77 bits per heavy atom. The summed E-state index contributed by atoms with van der Waals surface area (Å²) in [6.45, 7) is 4.22. The SMILES string of the molecule is CNc1ncc(-c2cc(-c3cc4c(-c5cc(F)c6c(c5C)CCCO6)c(CC(=O)O)c(C)nc4n3C)ccn2)cc1C=N. The molecule has 0 unspecified atom stereocenters. The van der Waals surface area contributed by atoms with Gasteiger partial charge in [-0.05, 0) is 79.3 Å².